The lowest BCUT2D eigenvalue weighted by Crippen LogP contribution is -2.19. The maximum Gasteiger partial charge on any atom is 0.254 e. The maximum atomic E-state index is 13.2. The van der Waals surface area contributed by atoms with Crippen molar-refractivity contribution in [1.82, 2.24) is 9.78 Å². The van der Waals surface area contributed by atoms with Crippen molar-refractivity contribution in [2.24, 2.45) is 12.8 Å². The summed E-state index contributed by atoms with van der Waals surface area (Å²) < 4.78 is 14.7. The molecule has 1 unspecified atom stereocenters. The van der Waals surface area contributed by atoms with Gasteiger partial charge < -0.3 is 11.5 Å². The smallest absolute Gasteiger partial charge is 0.254 e. The lowest BCUT2D eigenvalue weighted by Gasteiger charge is -2.23. The molecule has 0 spiro atoms. The minimum Gasteiger partial charge on any atom is -0.383 e. The Hall–Kier alpha value is -2.37. The van der Waals surface area contributed by atoms with Gasteiger partial charge in [0.1, 0.15) is 17.2 Å². The number of amides is 1. The number of carbonyl (C=O) groups excluding carboxylic acids is 1. The number of carbonyl (C=O) groups is 1. The Bertz CT molecular complexity index is 723. The number of hydrogen-bond acceptors (Lipinski definition) is 3. The van der Waals surface area contributed by atoms with Gasteiger partial charge in [0.25, 0.3) is 5.91 Å². The van der Waals surface area contributed by atoms with Crippen LogP contribution in [0.3, 0.4) is 0 Å². The molecule has 4 N–H and O–H groups in total. The fourth-order valence-corrected chi connectivity index (χ4v) is 3.05. The van der Waals surface area contributed by atoms with Crippen molar-refractivity contribution in [2.75, 3.05) is 5.73 Å². The summed E-state index contributed by atoms with van der Waals surface area (Å²) in [6.07, 6.45) is 2.27. The summed E-state index contributed by atoms with van der Waals surface area (Å²) in [7, 11) is 1.69. The van der Waals surface area contributed by atoms with Gasteiger partial charge in [0.2, 0.25) is 0 Å². The van der Waals surface area contributed by atoms with Gasteiger partial charge in [-0.15, -0.1) is 0 Å². The molecule has 21 heavy (non-hydrogen) atoms. The molecule has 1 atom stereocenters. The Morgan fingerprint density at radius 3 is 2.90 bits per heavy atom. The maximum absolute atomic E-state index is 13.2. The van der Waals surface area contributed by atoms with E-state index < -0.39 is 5.91 Å². The minimum atomic E-state index is -0.555. The Morgan fingerprint density at radius 2 is 2.19 bits per heavy atom. The van der Waals surface area contributed by atoms with E-state index >= 15 is 0 Å². The molecular formula is C15H17FN4O. The number of nitrogen functional groups attached to an aromatic ring is 1. The summed E-state index contributed by atoms with van der Waals surface area (Å²) in [4.78, 5) is 11.6. The van der Waals surface area contributed by atoms with E-state index in [0.717, 1.165) is 24.0 Å². The predicted octanol–water partition coefficient (Wildman–Crippen LogP) is 1.51. The second-order valence-electron chi connectivity index (χ2n) is 5.49. The van der Waals surface area contributed by atoms with Crippen molar-refractivity contribution in [2.45, 2.75) is 25.2 Å². The summed E-state index contributed by atoms with van der Waals surface area (Å²) in [5.41, 5.74) is 14.4. The first kappa shape index (κ1) is 13.6. The molecule has 0 saturated heterocycles. The highest BCUT2D eigenvalue weighted by Gasteiger charge is 2.28. The van der Waals surface area contributed by atoms with E-state index in [1.54, 1.807) is 19.2 Å². The molecule has 1 aromatic carbocycles. The molecule has 2 aromatic rings. The second kappa shape index (κ2) is 4.87. The van der Waals surface area contributed by atoms with Crippen molar-refractivity contribution in [1.29, 1.82) is 0 Å². The summed E-state index contributed by atoms with van der Waals surface area (Å²) in [5, 5.41) is 4.36. The molecule has 0 bridgehead atoms. The molecule has 1 heterocycles. The third kappa shape index (κ3) is 2.26. The van der Waals surface area contributed by atoms with E-state index in [0.29, 0.717) is 23.5 Å². The first-order chi connectivity index (χ1) is 9.97. The standard InChI is InChI=1S/C15H17FN4O/c1-20-14(17)12(15(18)21)13(19-20)10-3-2-9-7-11(16)5-4-8(9)6-10/h4-5,7,10H,2-3,6,17H2,1H3,(H2,18,21). The number of anilines is 1. The average molecular weight is 288 g/mol. The highest BCUT2D eigenvalue weighted by Crippen LogP contribution is 2.35. The number of rotatable bonds is 2. The monoisotopic (exact) mass is 288 g/mol. The van der Waals surface area contributed by atoms with Gasteiger partial charge in [-0.05, 0) is 42.5 Å². The van der Waals surface area contributed by atoms with Crippen LogP contribution in [0.25, 0.3) is 0 Å². The van der Waals surface area contributed by atoms with E-state index in [-0.39, 0.29) is 11.7 Å². The van der Waals surface area contributed by atoms with E-state index in [1.165, 1.54) is 10.7 Å². The van der Waals surface area contributed by atoms with Gasteiger partial charge in [-0.1, -0.05) is 6.07 Å². The lowest BCUT2D eigenvalue weighted by atomic mass is 9.81. The van der Waals surface area contributed by atoms with Crippen LogP contribution in [0.4, 0.5) is 10.2 Å². The Kier molecular flexibility index (Phi) is 3.16. The van der Waals surface area contributed by atoms with E-state index in [2.05, 4.69) is 5.10 Å². The van der Waals surface area contributed by atoms with Crippen molar-refractivity contribution in [3.8, 4) is 0 Å². The first-order valence-electron chi connectivity index (χ1n) is 6.87. The number of nitrogens with zero attached hydrogens (tertiary/aromatic N) is 2. The Balaban J connectivity index is 1.98. The molecule has 1 aliphatic rings. The zero-order chi connectivity index (χ0) is 15.1. The van der Waals surface area contributed by atoms with Gasteiger partial charge in [-0.3, -0.25) is 9.48 Å². The number of aryl methyl sites for hydroxylation is 2. The van der Waals surface area contributed by atoms with Crippen LogP contribution in [0, 0.1) is 5.82 Å². The van der Waals surface area contributed by atoms with Crippen LogP contribution in [0.15, 0.2) is 18.2 Å². The van der Waals surface area contributed by atoms with Gasteiger partial charge in [0, 0.05) is 13.0 Å². The largest absolute Gasteiger partial charge is 0.383 e. The molecule has 1 amide bonds. The second-order valence-corrected chi connectivity index (χ2v) is 5.49. The summed E-state index contributed by atoms with van der Waals surface area (Å²) in [6.45, 7) is 0. The zero-order valence-electron chi connectivity index (χ0n) is 11.8. The van der Waals surface area contributed by atoms with Crippen LogP contribution in [-0.4, -0.2) is 15.7 Å². The number of aromatic nitrogens is 2. The van der Waals surface area contributed by atoms with Crippen LogP contribution in [0.1, 0.15) is 39.5 Å². The number of halogens is 1. The topological polar surface area (TPSA) is 86.9 Å². The molecule has 1 aromatic heterocycles. The van der Waals surface area contributed by atoms with E-state index in [4.69, 9.17) is 11.5 Å². The Morgan fingerprint density at radius 1 is 1.43 bits per heavy atom. The van der Waals surface area contributed by atoms with Gasteiger partial charge in [-0.25, -0.2) is 4.39 Å². The highest BCUT2D eigenvalue weighted by molar-refractivity contribution is 5.98. The third-order valence-electron chi connectivity index (χ3n) is 4.15. The number of nitrogens with two attached hydrogens (primary N) is 2. The van der Waals surface area contributed by atoms with Gasteiger partial charge in [-0.2, -0.15) is 5.10 Å². The zero-order valence-corrected chi connectivity index (χ0v) is 11.8. The lowest BCUT2D eigenvalue weighted by molar-refractivity contribution is 0.0999. The number of hydrogen-bond donors (Lipinski definition) is 2. The van der Waals surface area contributed by atoms with Gasteiger partial charge in [0.05, 0.1) is 5.69 Å². The number of fused-ring (bicyclic) bond motifs is 1. The van der Waals surface area contributed by atoms with Crippen LogP contribution >= 0.6 is 0 Å². The van der Waals surface area contributed by atoms with Crippen LogP contribution in [0.2, 0.25) is 0 Å². The van der Waals surface area contributed by atoms with Crippen LogP contribution in [0.5, 0.6) is 0 Å². The number of primary amides is 1. The van der Waals surface area contributed by atoms with Crippen molar-refractivity contribution >= 4 is 11.7 Å². The number of benzene rings is 1. The molecule has 5 nitrogen and oxygen atoms in total. The van der Waals surface area contributed by atoms with Crippen LogP contribution in [-0.2, 0) is 19.9 Å². The predicted molar refractivity (Wildman–Crippen MR) is 77.3 cm³/mol. The fraction of sp³-hybridized carbons (Fsp3) is 0.333. The molecule has 3 rings (SSSR count). The molecule has 1 aliphatic carbocycles. The summed E-state index contributed by atoms with van der Waals surface area (Å²) in [5.74, 6) is -0.399. The molecule has 6 heteroatoms. The molecular weight excluding hydrogens is 271 g/mol. The molecule has 0 radical (unpaired) electrons. The quantitative estimate of drug-likeness (QED) is 0.878. The summed E-state index contributed by atoms with van der Waals surface area (Å²) in [6, 6.07) is 4.84. The van der Waals surface area contributed by atoms with Crippen LogP contribution < -0.4 is 11.5 Å². The van der Waals surface area contributed by atoms with E-state index in [9.17, 15) is 9.18 Å². The van der Waals surface area contributed by atoms with Gasteiger partial charge in [0.15, 0.2) is 0 Å². The Labute approximate surface area is 121 Å². The minimum absolute atomic E-state index is 0.0777. The molecule has 110 valence electrons. The van der Waals surface area contributed by atoms with Crippen molar-refractivity contribution in [3.63, 3.8) is 0 Å². The SMILES string of the molecule is Cn1nc(C2CCc3cc(F)ccc3C2)c(C(N)=O)c1N. The average Bonchev–Trinajstić information content (AvgIpc) is 2.74. The molecule has 0 saturated carbocycles. The fourth-order valence-electron chi connectivity index (χ4n) is 3.05. The van der Waals surface area contributed by atoms with Gasteiger partial charge >= 0.3 is 0 Å². The summed E-state index contributed by atoms with van der Waals surface area (Å²) >= 11 is 0. The third-order valence-corrected chi connectivity index (χ3v) is 4.15. The molecule has 0 fully saturated rings. The van der Waals surface area contributed by atoms with E-state index in [1.807, 2.05) is 0 Å². The highest BCUT2D eigenvalue weighted by atomic mass is 19.1. The normalized spacial score (nSPS) is 17.5. The molecule has 0 aliphatic heterocycles. The van der Waals surface area contributed by atoms with Crippen molar-refractivity contribution in [3.05, 3.63) is 46.4 Å². The first-order valence-corrected chi connectivity index (χ1v) is 6.87. The van der Waals surface area contributed by atoms with Crippen molar-refractivity contribution < 1.29 is 9.18 Å².